The fourth-order valence-electron chi connectivity index (χ4n) is 1.20. The Bertz CT molecular complexity index is 272. The van der Waals surface area contributed by atoms with Crippen LogP contribution in [0, 0.1) is 0 Å². The van der Waals surface area contributed by atoms with E-state index in [2.05, 4.69) is 13.0 Å². The van der Waals surface area contributed by atoms with E-state index in [1.165, 1.54) is 5.57 Å². The van der Waals surface area contributed by atoms with Crippen LogP contribution >= 0.6 is 0 Å². The zero-order valence-corrected chi connectivity index (χ0v) is 9.88. The number of carbonyl (C=O) groups excluding carboxylic acids is 2. The molecular weight excluding hydrogens is 188 g/mol. The summed E-state index contributed by atoms with van der Waals surface area (Å²) < 4.78 is 0. The summed E-state index contributed by atoms with van der Waals surface area (Å²) in [7, 11) is 0. The lowest BCUT2D eigenvalue weighted by molar-refractivity contribution is -0.116. The molecule has 0 aliphatic carbocycles. The monoisotopic (exact) mass is 208 g/mol. The van der Waals surface area contributed by atoms with Crippen molar-refractivity contribution in [1.29, 1.82) is 0 Å². The molecule has 0 N–H and O–H groups in total. The van der Waals surface area contributed by atoms with Gasteiger partial charge in [-0.15, -0.1) is 0 Å². The third kappa shape index (κ3) is 9.13. The number of aldehydes is 1. The van der Waals surface area contributed by atoms with E-state index in [9.17, 15) is 9.59 Å². The number of hydrogen-bond donors (Lipinski definition) is 0. The maximum Gasteiger partial charge on any atom is 0.145 e. The molecule has 0 bridgehead atoms. The normalized spacial score (nSPS) is 12.7. The largest absolute Gasteiger partial charge is 0.300 e. The third-order valence-corrected chi connectivity index (χ3v) is 2.18. The molecule has 84 valence electrons. The summed E-state index contributed by atoms with van der Waals surface area (Å²) in [6.45, 7) is 5.48. The fraction of sp³-hybridized carbons (Fsp3) is 0.538. The van der Waals surface area contributed by atoms with Gasteiger partial charge in [0.05, 0.1) is 0 Å². The van der Waals surface area contributed by atoms with Crippen LogP contribution in [-0.2, 0) is 9.59 Å². The average molecular weight is 208 g/mol. The van der Waals surface area contributed by atoms with E-state index in [-0.39, 0.29) is 5.78 Å². The zero-order chi connectivity index (χ0) is 11.7. The molecule has 0 radical (unpaired) electrons. The van der Waals surface area contributed by atoms with Crippen molar-refractivity contribution in [2.24, 2.45) is 0 Å². The van der Waals surface area contributed by atoms with Crippen molar-refractivity contribution in [1.82, 2.24) is 0 Å². The minimum Gasteiger partial charge on any atom is -0.300 e. The molecule has 0 aliphatic rings. The molecule has 0 aromatic rings. The molecule has 0 saturated carbocycles. The summed E-state index contributed by atoms with van der Waals surface area (Å²) >= 11 is 0. The number of rotatable bonds is 7. The maximum absolute atomic E-state index is 10.7. The highest BCUT2D eigenvalue weighted by molar-refractivity contribution is 5.75. The molecule has 2 nitrogen and oxygen atoms in total. The van der Waals surface area contributed by atoms with Crippen molar-refractivity contribution < 1.29 is 9.59 Å². The highest BCUT2D eigenvalue weighted by Crippen LogP contribution is 2.08. The van der Waals surface area contributed by atoms with E-state index in [4.69, 9.17) is 0 Å². The van der Waals surface area contributed by atoms with Crippen molar-refractivity contribution in [3.8, 4) is 0 Å². The molecule has 0 atom stereocenters. The Morgan fingerprint density at radius 1 is 1.00 bits per heavy atom. The molecule has 15 heavy (non-hydrogen) atoms. The van der Waals surface area contributed by atoms with Crippen LogP contribution in [0.15, 0.2) is 23.3 Å². The summed E-state index contributed by atoms with van der Waals surface area (Å²) in [5, 5.41) is 0. The predicted molar refractivity (Wildman–Crippen MR) is 62.7 cm³/mol. The first kappa shape index (κ1) is 13.8. The van der Waals surface area contributed by atoms with Crippen LogP contribution < -0.4 is 0 Å². The molecule has 2 heteroatoms. The molecule has 0 spiro atoms. The van der Waals surface area contributed by atoms with Crippen LogP contribution in [0.1, 0.15) is 46.5 Å². The Balaban J connectivity index is 3.77. The Morgan fingerprint density at radius 3 is 2.13 bits per heavy atom. The van der Waals surface area contributed by atoms with Crippen LogP contribution in [0.2, 0.25) is 0 Å². The quantitative estimate of drug-likeness (QED) is 0.365. The van der Waals surface area contributed by atoms with E-state index in [1.54, 1.807) is 6.92 Å². The average Bonchev–Trinajstić information content (AvgIpc) is 2.17. The number of Topliss-reactive ketones (excluding diaryl/α,β-unsaturated/α-hetero) is 1. The maximum atomic E-state index is 10.7. The lowest BCUT2D eigenvalue weighted by Crippen LogP contribution is -1.87. The van der Waals surface area contributed by atoms with Crippen molar-refractivity contribution in [3.63, 3.8) is 0 Å². The van der Waals surface area contributed by atoms with Crippen molar-refractivity contribution in [2.45, 2.75) is 46.5 Å². The second-order valence-electron chi connectivity index (χ2n) is 3.90. The molecule has 0 unspecified atom stereocenters. The molecule has 0 fully saturated rings. The van der Waals surface area contributed by atoms with Crippen molar-refractivity contribution in [3.05, 3.63) is 23.3 Å². The van der Waals surface area contributed by atoms with Gasteiger partial charge in [-0.1, -0.05) is 17.7 Å². The van der Waals surface area contributed by atoms with Gasteiger partial charge in [0.25, 0.3) is 0 Å². The Labute approximate surface area is 92.1 Å². The Morgan fingerprint density at radius 2 is 1.60 bits per heavy atom. The standard InChI is InChI=1S/C13H20O2/c1-11(7-5-9-13(3)15)6-4-8-12(2)10-14/h7-8,10H,4-6,9H2,1-3H3/b11-7+,12-8+. The van der Waals surface area contributed by atoms with Crippen LogP contribution in [0.4, 0.5) is 0 Å². The number of hydrogen-bond acceptors (Lipinski definition) is 2. The van der Waals surface area contributed by atoms with Gasteiger partial charge < -0.3 is 4.79 Å². The highest BCUT2D eigenvalue weighted by Gasteiger charge is 1.92. The highest BCUT2D eigenvalue weighted by atomic mass is 16.1. The molecular formula is C13H20O2. The predicted octanol–water partition coefficient (Wildman–Crippen LogP) is 3.23. The first-order valence-corrected chi connectivity index (χ1v) is 5.33. The van der Waals surface area contributed by atoms with Gasteiger partial charge in [-0.25, -0.2) is 0 Å². The van der Waals surface area contributed by atoms with Gasteiger partial charge >= 0.3 is 0 Å². The third-order valence-electron chi connectivity index (χ3n) is 2.18. The fourth-order valence-corrected chi connectivity index (χ4v) is 1.20. The van der Waals surface area contributed by atoms with E-state index < -0.39 is 0 Å². The minimum absolute atomic E-state index is 0.232. The summed E-state index contributed by atoms with van der Waals surface area (Å²) in [5.41, 5.74) is 2.07. The van der Waals surface area contributed by atoms with Crippen LogP contribution in [0.25, 0.3) is 0 Å². The number of ketones is 1. The zero-order valence-electron chi connectivity index (χ0n) is 9.88. The SMILES string of the molecule is CC(=O)CC/C=C(\C)CC/C=C(\C)C=O. The van der Waals surface area contributed by atoms with Crippen molar-refractivity contribution >= 4 is 12.1 Å². The second-order valence-corrected chi connectivity index (χ2v) is 3.90. The topological polar surface area (TPSA) is 34.1 Å². The molecule has 0 amide bonds. The molecule has 0 heterocycles. The van der Waals surface area contributed by atoms with Gasteiger partial charge in [0.1, 0.15) is 12.1 Å². The number of allylic oxidation sites excluding steroid dienone is 4. The smallest absolute Gasteiger partial charge is 0.145 e. The first-order chi connectivity index (χ1) is 7.06. The second kappa shape index (κ2) is 8.16. The van der Waals surface area contributed by atoms with E-state index >= 15 is 0 Å². The van der Waals surface area contributed by atoms with Crippen LogP contribution in [0.3, 0.4) is 0 Å². The van der Waals surface area contributed by atoms with Gasteiger partial charge in [0.15, 0.2) is 0 Å². The van der Waals surface area contributed by atoms with Gasteiger partial charge in [0.2, 0.25) is 0 Å². The van der Waals surface area contributed by atoms with E-state index in [1.807, 2.05) is 13.0 Å². The molecule has 0 saturated heterocycles. The lowest BCUT2D eigenvalue weighted by atomic mass is 10.1. The molecule has 0 aromatic heterocycles. The summed E-state index contributed by atoms with van der Waals surface area (Å²) in [6, 6.07) is 0. The number of carbonyl (C=O) groups is 2. The van der Waals surface area contributed by atoms with Crippen LogP contribution in [0.5, 0.6) is 0 Å². The Hall–Kier alpha value is -1.18. The first-order valence-electron chi connectivity index (χ1n) is 5.33. The summed E-state index contributed by atoms with van der Waals surface area (Å²) in [4.78, 5) is 21.0. The van der Waals surface area contributed by atoms with Crippen molar-refractivity contribution in [2.75, 3.05) is 0 Å². The Kier molecular flexibility index (Phi) is 7.51. The van der Waals surface area contributed by atoms with Gasteiger partial charge in [-0.05, 0) is 45.6 Å². The summed E-state index contributed by atoms with van der Waals surface area (Å²) in [6.07, 6.45) is 8.23. The molecule has 0 rings (SSSR count). The van der Waals surface area contributed by atoms with Gasteiger partial charge in [-0.2, -0.15) is 0 Å². The molecule has 0 aromatic carbocycles. The van der Waals surface area contributed by atoms with Gasteiger partial charge in [-0.3, -0.25) is 4.79 Å². The van der Waals surface area contributed by atoms with Crippen LogP contribution in [-0.4, -0.2) is 12.1 Å². The molecule has 0 aliphatic heterocycles. The minimum atomic E-state index is 0.232. The van der Waals surface area contributed by atoms with Gasteiger partial charge in [0, 0.05) is 6.42 Å². The lowest BCUT2D eigenvalue weighted by Gasteiger charge is -1.98. The van der Waals surface area contributed by atoms with E-state index in [0.29, 0.717) is 6.42 Å². The van der Waals surface area contributed by atoms with E-state index in [0.717, 1.165) is 31.1 Å². The summed E-state index contributed by atoms with van der Waals surface area (Å²) in [5.74, 6) is 0.232.